The Morgan fingerprint density at radius 1 is 1.61 bits per heavy atom. The predicted molar refractivity (Wildman–Crippen MR) is 72.3 cm³/mol. The molecule has 1 rings (SSSR count). The van der Waals surface area contributed by atoms with E-state index in [1.54, 1.807) is 7.11 Å². The molecule has 5 heteroatoms. The lowest BCUT2D eigenvalue weighted by Gasteiger charge is -2.34. The monoisotopic (exact) mass is 257 g/mol. The molecule has 1 amide bonds. The standard InChI is InChI=1S/C13H27N3O2/c1-3-6-15-12(13(14)17)9-16-7-4-5-11(8-16)10-18-2/h11-12,15H,3-10H2,1-2H3,(H2,14,17). The molecule has 1 aliphatic rings. The van der Waals surface area contributed by atoms with Crippen molar-refractivity contribution in [3.05, 3.63) is 0 Å². The van der Waals surface area contributed by atoms with Gasteiger partial charge in [-0.05, 0) is 38.3 Å². The second kappa shape index (κ2) is 8.45. The zero-order chi connectivity index (χ0) is 13.4. The van der Waals surface area contributed by atoms with Crippen molar-refractivity contribution < 1.29 is 9.53 Å². The van der Waals surface area contributed by atoms with Crippen molar-refractivity contribution in [2.75, 3.05) is 39.9 Å². The second-order valence-electron chi connectivity index (χ2n) is 5.13. The molecule has 0 aromatic rings. The highest BCUT2D eigenvalue weighted by Gasteiger charge is 2.24. The van der Waals surface area contributed by atoms with Gasteiger partial charge in [-0.2, -0.15) is 0 Å². The summed E-state index contributed by atoms with van der Waals surface area (Å²) in [5.74, 6) is 0.334. The second-order valence-corrected chi connectivity index (χ2v) is 5.13. The Kier molecular flexibility index (Phi) is 7.23. The summed E-state index contributed by atoms with van der Waals surface area (Å²) in [7, 11) is 1.74. The van der Waals surface area contributed by atoms with Crippen LogP contribution in [0.3, 0.4) is 0 Å². The van der Waals surface area contributed by atoms with Crippen LogP contribution in [-0.4, -0.2) is 56.7 Å². The number of ether oxygens (including phenoxy) is 1. The Hall–Kier alpha value is -0.650. The number of carbonyl (C=O) groups is 1. The highest BCUT2D eigenvalue weighted by atomic mass is 16.5. The third-order valence-corrected chi connectivity index (χ3v) is 3.43. The molecule has 0 spiro atoms. The highest BCUT2D eigenvalue weighted by molar-refractivity contribution is 5.80. The van der Waals surface area contributed by atoms with Gasteiger partial charge in [-0.1, -0.05) is 6.92 Å². The molecular formula is C13H27N3O2. The Balaban J connectivity index is 2.39. The zero-order valence-electron chi connectivity index (χ0n) is 11.7. The van der Waals surface area contributed by atoms with Gasteiger partial charge in [0.1, 0.15) is 0 Å². The molecule has 0 aromatic heterocycles. The van der Waals surface area contributed by atoms with Crippen LogP contribution in [0.1, 0.15) is 26.2 Å². The van der Waals surface area contributed by atoms with Gasteiger partial charge in [0.15, 0.2) is 0 Å². The topological polar surface area (TPSA) is 67.6 Å². The van der Waals surface area contributed by atoms with Crippen molar-refractivity contribution in [3.63, 3.8) is 0 Å². The molecule has 5 nitrogen and oxygen atoms in total. The fourth-order valence-electron chi connectivity index (χ4n) is 2.52. The summed E-state index contributed by atoms with van der Waals surface area (Å²) in [6.07, 6.45) is 3.40. The molecule has 1 heterocycles. The first-order valence-electron chi connectivity index (χ1n) is 6.91. The van der Waals surface area contributed by atoms with Crippen LogP contribution < -0.4 is 11.1 Å². The van der Waals surface area contributed by atoms with Gasteiger partial charge in [0.2, 0.25) is 5.91 Å². The zero-order valence-corrected chi connectivity index (χ0v) is 11.7. The van der Waals surface area contributed by atoms with Crippen molar-refractivity contribution in [1.82, 2.24) is 10.2 Å². The summed E-state index contributed by atoms with van der Waals surface area (Å²) < 4.78 is 5.21. The number of methoxy groups -OCH3 is 1. The molecular weight excluding hydrogens is 230 g/mol. The van der Waals surface area contributed by atoms with E-state index in [9.17, 15) is 4.79 Å². The smallest absolute Gasteiger partial charge is 0.235 e. The van der Waals surface area contributed by atoms with Gasteiger partial charge in [0.05, 0.1) is 12.6 Å². The summed E-state index contributed by atoms with van der Waals surface area (Å²) in [6, 6.07) is -0.230. The first-order chi connectivity index (χ1) is 8.67. The molecule has 1 saturated heterocycles. The maximum atomic E-state index is 11.4. The van der Waals surface area contributed by atoms with E-state index in [1.165, 1.54) is 12.8 Å². The average molecular weight is 257 g/mol. The first-order valence-corrected chi connectivity index (χ1v) is 6.91. The van der Waals surface area contributed by atoms with Crippen molar-refractivity contribution in [1.29, 1.82) is 0 Å². The lowest BCUT2D eigenvalue weighted by atomic mass is 9.98. The molecule has 106 valence electrons. The number of nitrogens with one attached hydrogen (secondary N) is 1. The third-order valence-electron chi connectivity index (χ3n) is 3.43. The SMILES string of the molecule is CCCNC(CN1CCCC(COC)C1)C(N)=O. The van der Waals surface area contributed by atoms with E-state index in [2.05, 4.69) is 17.1 Å². The van der Waals surface area contributed by atoms with Crippen LogP contribution in [0, 0.1) is 5.92 Å². The van der Waals surface area contributed by atoms with Crippen molar-refractivity contribution in [3.8, 4) is 0 Å². The minimum absolute atomic E-state index is 0.230. The van der Waals surface area contributed by atoms with Crippen LogP contribution in [0.15, 0.2) is 0 Å². The molecule has 1 fully saturated rings. The lowest BCUT2D eigenvalue weighted by molar-refractivity contribution is -0.120. The normalized spacial score (nSPS) is 22.9. The largest absolute Gasteiger partial charge is 0.384 e. The van der Waals surface area contributed by atoms with Crippen LogP contribution >= 0.6 is 0 Å². The summed E-state index contributed by atoms with van der Waals surface area (Å²) in [4.78, 5) is 13.7. The van der Waals surface area contributed by atoms with Crippen molar-refractivity contribution >= 4 is 5.91 Å². The van der Waals surface area contributed by atoms with Crippen LogP contribution in [0.25, 0.3) is 0 Å². The number of likely N-dealkylation sites (tertiary alicyclic amines) is 1. The molecule has 0 aliphatic carbocycles. The number of hydrogen-bond donors (Lipinski definition) is 2. The predicted octanol–water partition coefficient (Wildman–Crippen LogP) is 0.198. The van der Waals surface area contributed by atoms with Gasteiger partial charge in [-0.15, -0.1) is 0 Å². The number of rotatable bonds is 8. The van der Waals surface area contributed by atoms with Gasteiger partial charge in [0, 0.05) is 20.2 Å². The lowest BCUT2D eigenvalue weighted by Crippen LogP contribution is -2.51. The molecule has 0 radical (unpaired) electrons. The van der Waals surface area contributed by atoms with E-state index in [4.69, 9.17) is 10.5 Å². The number of amides is 1. The van der Waals surface area contributed by atoms with Gasteiger partial charge in [0.25, 0.3) is 0 Å². The Morgan fingerprint density at radius 3 is 3.00 bits per heavy atom. The number of carbonyl (C=O) groups excluding carboxylic acids is 1. The molecule has 2 atom stereocenters. The summed E-state index contributed by atoms with van der Waals surface area (Å²) in [5, 5.41) is 3.22. The van der Waals surface area contributed by atoms with E-state index in [-0.39, 0.29) is 11.9 Å². The Morgan fingerprint density at radius 2 is 2.39 bits per heavy atom. The number of hydrogen-bond acceptors (Lipinski definition) is 4. The van der Waals surface area contributed by atoms with Gasteiger partial charge in [-0.25, -0.2) is 0 Å². The van der Waals surface area contributed by atoms with E-state index in [0.29, 0.717) is 5.92 Å². The molecule has 1 aliphatic heterocycles. The summed E-state index contributed by atoms with van der Waals surface area (Å²) >= 11 is 0. The minimum atomic E-state index is -0.252. The minimum Gasteiger partial charge on any atom is -0.384 e. The molecule has 3 N–H and O–H groups in total. The molecule has 18 heavy (non-hydrogen) atoms. The van der Waals surface area contributed by atoms with Gasteiger partial charge in [-0.3, -0.25) is 4.79 Å². The maximum Gasteiger partial charge on any atom is 0.235 e. The quantitative estimate of drug-likeness (QED) is 0.652. The average Bonchev–Trinajstić information content (AvgIpc) is 2.35. The van der Waals surface area contributed by atoms with Crippen LogP contribution in [0.4, 0.5) is 0 Å². The van der Waals surface area contributed by atoms with Gasteiger partial charge >= 0.3 is 0 Å². The number of nitrogens with zero attached hydrogens (tertiary/aromatic N) is 1. The van der Waals surface area contributed by atoms with Crippen molar-refractivity contribution in [2.45, 2.75) is 32.2 Å². The highest BCUT2D eigenvalue weighted by Crippen LogP contribution is 2.16. The summed E-state index contributed by atoms with van der Waals surface area (Å²) in [5.41, 5.74) is 5.44. The fourth-order valence-corrected chi connectivity index (χ4v) is 2.52. The molecule has 2 unspecified atom stereocenters. The van der Waals surface area contributed by atoms with E-state index < -0.39 is 0 Å². The van der Waals surface area contributed by atoms with Crippen LogP contribution in [-0.2, 0) is 9.53 Å². The number of nitrogens with two attached hydrogens (primary N) is 1. The molecule has 0 aromatic carbocycles. The first kappa shape index (κ1) is 15.4. The molecule has 0 saturated carbocycles. The van der Waals surface area contributed by atoms with E-state index >= 15 is 0 Å². The summed E-state index contributed by atoms with van der Waals surface area (Å²) in [6.45, 7) is 6.50. The number of piperidine rings is 1. The Bertz CT molecular complexity index is 246. The third kappa shape index (κ3) is 5.33. The van der Waals surface area contributed by atoms with Gasteiger partial charge < -0.3 is 20.7 Å². The fraction of sp³-hybridized carbons (Fsp3) is 0.923. The van der Waals surface area contributed by atoms with E-state index in [1.807, 2.05) is 0 Å². The van der Waals surface area contributed by atoms with Crippen molar-refractivity contribution in [2.24, 2.45) is 11.7 Å². The Labute approximate surface area is 110 Å². The van der Waals surface area contributed by atoms with Crippen LogP contribution in [0.2, 0.25) is 0 Å². The maximum absolute atomic E-state index is 11.4. The van der Waals surface area contributed by atoms with Crippen LogP contribution in [0.5, 0.6) is 0 Å². The van der Waals surface area contributed by atoms with E-state index in [0.717, 1.165) is 39.2 Å². The number of primary amides is 1. The molecule has 0 bridgehead atoms.